The van der Waals surface area contributed by atoms with Crippen molar-refractivity contribution in [2.24, 2.45) is 0 Å². The third-order valence-electron chi connectivity index (χ3n) is 7.19. The topological polar surface area (TPSA) is 95.9 Å². The largest absolute Gasteiger partial charge is 0.493 e. The van der Waals surface area contributed by atoms with E-state index in [2.05, 4.69) is 0 Å². The number of methoxy groups -OCH3 is 5. The molecule has 0 radical (unpaired) electrons. The van der Waals surface area contributed by atoms with Gasteiger partial charge in [-0.1, -0.05) is 36.8 Å². The summed E-state index contributed by atoms with van der Waals surface area (Å²) in [5.41, 5.74) is 2.57. The minimum Gasteiger partial charge on any atom is -0.493 e. The maximum absolute atomic E-state index is 12.4. The molecule has 40 heavy (non-hydrogen) atoms. The first-order valence-electron chi connectivity index (χ1n) is 13.2. The number of likely N-dealkylation sites (tertiary alicyclic amines) is 1. The highest BCUT2D eigenvalue weighted by Crippen LogP contribution is 2.47. The van der Waals surface area contributed by atoms with Crippen molar-refractivity contribution in [3.63, 3.8) is 0 Å². The Balaban J connectivity index is 1.87. The standard InChI is InChI=1S/C31H37NO8/c1-35-24-15-21(16-25(36-2)29(24)39-5)28(32-14-10-9-13-23(32)31(33)34)22-17-26(37-3)30(27(18-22)38-4)40-19-20-11-7-6-8-12-20/h6-8,11-12,15-18,23,28H,9-10,13-14,19H2,1-5H3,(H,33,34). The van der Waals surface area contributed by atoms with Gasteiger partial charge in [0.05, 0.1) is 41.6 Å². The molecule has 0 amide bonds. The number of carboxylic acid groups (broad SMARTS) is 1. The van der Waals surface area contributed by atoms with E-state index in [0.717, 1.165) is 29.5 Å². The van der Waals surface area contributed by atoms with Crippen LogP contribution in [0.25, 0.3) is 0 Å². The Morgan fingerprint density at radius 2 is 1.32 bits per heavy atom. The van der Waals surface area contributed by atoms with Crippen molar-refractivity contribution in [1.82, 2.24) is 4.90 Å². The van der Waals surface area contributed by atoms with Crippen LogP contribution in [0.2, 0.25) is 0 Å². The van der Waals surface area contributed by atoms with Crippen molar-refractivity contribution in [3.05, 3.63) is 71.3 Å². The van der Waals surface area contributed by atoms with Crippen LogP contribution in [0.15, 0.2) is 54.6 Å². The predicted molar refractivity (Wildman–Crippen MR) is 150 cm³/mol. The molecule has 0 aromatic heterocycles. The van der Waals surface area contributed by atoms with Crippen LogP contribution in [0.1, 0.15) is 42.0 Å². The molecule has 1 saturated heterocycles. The summed E-state index contributed by atoms with van der Waals surface area (Å²) in [6.45, 7) is 0.922. The SMILES string of the molecule is COc1cc(C(c2cc(OC)c(OCc3ccccc3)c(OC)c2)N2CCCCC2C(=O)O)cc(OC)c1OC. The van der Waals surface area contributed by atoms with Gasteiger partial charge in [-0.2, -0.15) is 0 Å². The summed E-state index contributed by atoms with van der Waals surface area (Å²) in [6.07, 6.45) is 2.26. The lowest BCUT2D eigenvalue weighted by atomic mass is 9.90. The summed E-state index contributed by atoms with van der Waals surface area (Å²) in [7, 11) is 7.81. The van der Waals surface area contributed by atoms with Gasteiger partial charge in [-0.3, -0.25) is 9.69 Å². The number of hydrogen-bond acceptors (Lipinski definition) is 8. The Morgan fingerprint density at radius 3 is 1.80 bits per heavy atom. The highest BCUT2D eigenvalue weighted by atomic mass is 16.5. The Kier molecular flexibility index (Phi) is 9.60. The molecule has 3 aromatic rings. The van der Waals surface area contributed by atoms with Crippen molar-refractivity contribution in [2.75, 3.05) is 42.1 Å². The molecule has 1 fully saturated rings. The maximum Gasteiger partial charge on any atom is 0.320 e. The number of benzene rings is 3. The van der Waals surface area contributed by atoms with Crippen LogP contribution in [0.4, 0.5) is 0 Å². The Labute approximate surface area is 235 Å². The molecule has 4 rings (SSSR count). The number of carbonyl (C=O) groups is 1. The van der Waals surface area contributed by atoms with Crippen LogP contribution >= 0.6 is 0 Å². The van der Waals surface area contributed by atoms with Gasteiger partial charge in [0, 0.05) is 0 Å². The van der Waals surface area contributed by atoms with E-state index in [-0.39, 0.29) is 0 Å². The summed E-state index contributed by atoms with van der Waals surface area (Å²) in [4.78, 5) is 14.4. The Bertz CT molecular complexity index is 1250. The van der Waals surface area contributed by atoms with Crippen molar-refractivity contribution in [1.29, 1.82) is 0 Å². The zero-order valence-electron chi connectivity index (χ0n) is 23.6. The Morgan fingerprint density at radius 1 is 0.800 bits per heavy atom. The average molecular weight is 552 g/mol. The lowest BCUT2D eigenvalue weighted by molar-refractivity contribution is -0.145. The van der Waals surface area contributed by atoms with E-state index >= 15 is 0 Å². The summed E-state index contributed by atoms with van der Waals surface area (Å²) in [6, 6.07) is 16.1. The molecular weight excluding hydrogens is 514 g/mol. The second-order valence-electron chi connectivity index (χ2n) is 9.48. The van der Waals surface area contributed by atoms with Crippen LogP contribution in [0.5, 0.6) is 34.5 Å². The third kappa shape index (κ3) is 6.04. The quantitative estimate of drug-likeness (QED) is 0.320. The van der Waals surface area contributed by atoms with Gasteiger partial charge in [-0.15, -0.1) is 0 Å². The van der Waals surface area contributed by atoms with E-state index in [1.54, 1.807) is 35.5 Å². The number of nitrogens with zero attached hydrogens (tertiary/aromatic N) is 1. The number of ether oxygens (including phenoxy) is 6. The van der Waals surface area contributed by atoms with Gasteiger partial charge < -0.3 is 33.5 Å². The summed E-state index contributed by atoms with van der Waals surface area (Å²) >= 11 is 0. The molecule has 1 heterocycles. The van der Waals surface area contributed by atoms with Crippen LogP contribution in [0, 0.1) is 0 Å². The number of hydrogen-bond donors (Lipinski definition) is 1. The second kappa shape index (κ2) is 13.3. The zero-order chi connectivity index (χ0) is 28.6. The smallest absolute Gasteiger partial charge is 0.320 e. The molecule has 2 unspecified atom stereocenters. The minimum atomic E-state index is -0.862. The van der Waals surface area contributed by atoms with Crippen molar-refractivity contribution in [3.8, 4) is 34.5 Å². The monoisotopic (exact) mass is 551 g/mol. The van der Waals surface area contributed by atoms with E-state index in [0.29, 0.717) is 54.1 Å². The van der Waals surface area contributed by atoms with Gasteiger partial charge in [0.15, 0.2) is 23.0 Å². The normalized spacial score (nSPS) is 16.1. The zero-order valence-corrected chi connectivity index (χ0v) is 23.6. The fraction of sp³-hybridized carbons (Fsp3) is 0.387. The molecule has 3 aromatic carbocycles. The van der Waals surface area contributed by atoms with Crippen LogP contribution in [-0.2, 0) is 11.4 Å². The second-order valence-corrected chi connectivity index (χ2v) is 9.48. The van der Waals surface area contributed by atoms with E-state index in [1.165, 1.54) is 0 Å². The van der Waals surface area contributed by atoms with Crippen molar-refractivity contribution >= 4 is 5.97 Å². The van der Waals surface area contributed by atoms with E-state index in [1.807, 2.05) is 59.5 Å². The molecule has 1 aliphatic rings. The molecule has 0 spiro atoms. The van der Waals surface area contributed by atoms with Gasteiger partial charge in [0.1, 0.15) is 12.6 Å². The highest BCUT2D eigenvalue weighted by molar-refractivity contribution is 5.74. The lowest BCUT2D eigenvalue weighted by Gasteiger charge is -2.40. The van der Waals surface area contributed by atoms with Crippen LogP contribution < -0.4 is 28.4 Å². The summed E-state index contributed by atoms with van der Waals surface area (Å²) in [5.74, 6) is 1.98. The van der Waals surface area contributed by atoms with Gasteiger partial charge in [-0.05, 0) is 60.3 Å². The van der Waals surface area contributed by atoms with Gasteiger partial charge >= 0.3 is 5.97 Å². The summed E-state index contributed by atoms with van der Waals surface area (Å²) < 4.78 is 34.6. The van der Waals surface area contributed by atoms with Crippen molar-refractivity contribution in [2.45, 2.75) is 38.0 Å². The lowest BCUT2D eigenvalue weighted by Crippen LogP contribution is -2.46. The molecule has 1 aliphatic heterocycles. The maximum atomic E-state index is 12.4. The van der Waals surface area contributed by atoms with Gasteiger partial charge in [0.25, 0.3) is 0 Å². The van der Waals surface area contributed by atoms with Crippen LogP contribution in [0.3, 0.4) is 0 Å². The molecule has 9 nitrogen and oxygen atoms in total. The molecule has 0 saturated carbocycles. The van der Waals surface area contributed by atoms with Gasteiger partial charge in [0.2, 0.25) is 11.5 Å². The van der Waals surface area contributed by atoms with Crippen molar-refractivity contribution < 1.29 is 38.3 Å². The number of piperidine rings is 1. The third-order valence-corrected chi connectivity index (χ3v) is 7.19. The molecular formula is C31H37NO8. The average Bonchev–Trinajstić information content (AvgIpc) is 3.00. The number of aliphatic carboxylic acids is 1. The predicted octanol–water partition coefficient (Wildman–Crippen LogP) is 5.34. The van der Waals surface area contributed by atoms with Gasteiger partial charge in [-0.25, -0.2) is 0 Å². The molecule has 1 N–H and O–H groups in total. The summed E-state index contributed by atoms with van der Waals surface area (Å²) in [5, 5.41) is 10.2. The molecule has 0 aliphatic carbocycles. The molecule has 2 atom stereocenters. The van der Waals surface area contributed by atoms with E-state index < -0.39 is 18.1 Å². The van der Waals surface area contributed by atoms with E-state index in [9.17, 15) is 9.90 Å². The van der Waals surface area contributed by atoms with E-state index in [4.69, 9.17) is 28.4 Å². The first-order valence-corrected chi connectivity index (χ1v) is 13.2. The number of carboxylic acids is 1. The first kappa shape index (κ1) is 28.9. The van der Waals surface area contributed by atoms with Crippen LogP contribution in [-0.4, -0.2) is 64.1 Å². The minimum absolute atomic E-state index is 0.330. The molecule has 214 valence electrons. The molecule has 0 bridgehead atoms. The first-order chi connectivity index (χ1) is 19.4. The number of rotatable bonds is 12. The Hall–Kier alpha value is -4.11. The fourth-order valence-corrected chi connectivity index (χ4v) is 5.29. The molecule has 9 heteroatoms. The highest BCUT2D eigenvalue weighted by Gasteiger charge is 2.37. The fourth-order valence-electron chi connectivity index (χ4n) is 5.29.